The van der Waals surface area contributed by atoms with Crippen LogP contribution >= 0.6 is 11.8 Å². The zero-order chi connectivity index (χ0) is 20.2. The minimum Gasteiger partial charge on any atom is -0.494 e. The highest BCUT2D eigenvalue weighted by Crippen LogP contribution is 2.29. The second kappa shape index (κ2) is 8.57. The molecule has 1 N–H and O–H groups in total. The summed E-state index contributed by atoms with van der Waals surface area (Å²) in [4.78, 5) is 29.4. The molecule has 1 fully saturated rings. The predicted molar refractivity (Wildman–Crippen MR) is 113 cm³/mol. The molecule has 0 bridgehead atoms. The Labute approximate surface area is 173 Å². The van der Waals surface area contributed by atoms with Crippen molar-refractivity contribution in [1.82, 2.24) is 19.8 Å². The number of benzene rings is 2. The molecule has 8 heteroatoms. The lowest BCUT2D eigenvalue weighted by molar-refractivity contribution is -0.124. The van der Waals surface area contributed by atoms with E-state index in [1.54, 1.807) is 11.8 Å². The molecule has 3 amide bonds. The number of imide groups is 1. The van der Waals surface area contributed by atoms with Crippen LogP contribution in [0.25, 0.3) is 16.7 Å². The fraction of sp³-hybridized carbons (Fsp3) is 0.286. The normalized spacial score (nSPS) is 13.9. The van der Waals surface area contributed by atoms with E-state index in [0.717, 1.165) is 33.4 Å². The minimum absolute atomic E-state index is 0.0967. The molecule has 1 aliphatic rings. The summed E-state index contributed by atoms with van der Waals surface area (Å²) >= 11 is 1.62. The Kier molecular flexibility index (Phi) is 5.71. The van der Waals surface area contributed by atoms with Crippen LogP contribution in [-0.2, 0) is 4.79 Å². The summed E-state index contributed by atoms with van der Waals surface area (Å²) in [6.45, 7) is 3.11. The Bertz CT molecular complexity index is 1020. The van der Waals surface area contributed by atoms with Crippen molar-refractivity contribution in [3.8, 4) is 11.4 Å². The SMILES string of the molecule is CCOc1ccc(-n2c(SCCCN3C(=O)CNC3=O)nc3ccccc32)cc1. The van der Waals surface area contributed by atoms with Crippen molar-refractivity contribution in [2.75, 3.05) is 25.4 Å². The Morgan fingerprint density at radius 2 is 1.93 bits per heavy atom. The van der Waals surface area contributed by atoms with E-state index < -0.39 is 0 Å². The maximum absolute atomic E-state index is 11.7. The Hall–Kier alpha value is -3.00. The molecule has 0 spiro atoms. The Morgan fingerprint density at radius 1 is 1.14 bits per heavy atom. The molecule has 3 aromatic rings. The molecule has 1 saturated heterocycles. The number of rotatable bonds is 8. The highest BCUT2D eigenvalue weighted by Gasteiger charge is 2.27. The van der Waals surface area contributed by atoms with Gasteiger partial charge in [0.2, 0.25) is 5.91 Å². The van der Waals surface area contributed by atoms with Gasteiger partial charge in [-0.1, -0.05) is 23.9 Å². The maximum Gasteiger partial charge on any atom is 0.324 e. The lowest BCUT2D eigenvalue weighted by Gasteiger charge is -2.12. The van der Waals surface area contributed by atoms with E-state index >= 15 is 0 Å². The molecule has 7 nitrogen and oxygen atoms in total. The van der Waals surface area contributed by atoms with Crippen molar-refractivity contribution < 1.29 is 14.3 Å². The molecule has 1 aromatic heterocycles. The number of thioether (sulfide) groups is 1. The average molecular weight is 410 g/mol. The highest BCUT2D eigenvalue weighted by atomic mass is 32.2. The summed E-state index contributed by atoms with van der Waals surface area (Å²) < 4.78 is 7.67. The van der Waals surface area contributed by atoms with Crippen molar-refractivity contribution in [2.24, 2.45) is 0 Å². The molecule has 0 unspecified atom stereocenters. The first-order chi connectivity index (χ1) is 14.2. The van der Waals surface area contributed by atoms with Crippen LogP contribution in [0.5, 0.6) is 5.75 Å². The molecule has 2 aromatic carbocycles. The number of carbonyl (C=O) groups is 2. The quantitative estimate of drug-likeness (QED) is 0.350. The van der Waals surface area contributed by atoms with E-state index in [-0.39, 0.29) is 18.5 Å². The molecule has 4 rings (SSSR count). The van der Waals surface area contributed by atoms with Gasteiger partial charge in [0.25, 0.3) is 0 Å². The van der Waals surface area contributed by atoms with Crippen molar-refractivity contribution in [3.05, 3.63) is 48.5 Å². The van der Waals surface area contributed by atoms with Crippen LogP contribution in [0.2, 0.25) is 0 Å². The molecule has 0 radical (unpaired) electrons. The number of carbonyl (C=O) groups excluding carboxylic acids is 2. The van der Waals surface area contributed by atoms with Crippen LogP contribution in [-0.4, -0.2) is 51.8 Å². The van der Waals surface area contributed by atoms with Gasteiger partial charge in [0.15, 0.2) is 5.16 Å². The van der Waals surface area contributed by atoms with Gasteiger partial charge in [-0.25, -0.2) is 9.78 Å². The smallest absolute Gasteiger partial charge is 0.324 e. The van der Waals surface area contributed by atoms with Crippen LogP contribution in [0.3, 0.4) is 0 Å². The number of ether oxygens (including phenoxy) is 1. The van der Waals surface area contributed by atoms with Crippen LogP contribution in [0, 0.1) is 0 Å². The second-order valence-corrected chi connectivity index (χ2v) is 7.61. The third kappa shape index (κ3) is 4.07. The van der Waals surface area contributed by atoms with Crippen LogP contribution < -0.4 is 10.1 Å². The number of aromatic nitrogens is 2. The lowest BCUT2D eigenvalue weighted by Crippen LogP contribution is -2.32. The number of amides is 3. The number of fused-ring (bicyclic) bond motifs is 1. The summed E-state index contributed by atoms with van der Waals surface area (Å²) in [5.41, 5.74) is 2.98. The zero-order valence-corrected chi connectivity index (χ0v) is 16.9. The van der Waals surface area contributed by atoms with Gasteiger partial charge in [0.1, 0.15) is 5.75 Å². The lowest BCUT2D eigenvalue weighted by atomic mass is 10.2. The first kappa shape index (κ1) is 19.3. The van der Waals surface area contributed by atoms with Gasteiger partial charge < -0.3 is 10.1 Å². The van der Waals surface area contributed by atoms with Crippen molar-refractivity contribution in [2.45, 2.75) is 18.5 Å². The van der Waals surface area contributed by atoms with Crippen LogP contribution in [0.4, 0.5) is 4.79 Å². The second-order valence-electron chi connectivity index (χ2n) is 6.55. The van der Waals surface area contributed by atoms with Crippen molar-refractivity contribution in [3.63, 3.8) is 0 Å². The fourth-order valence-electron chi connectivity index (χ4n) is 3.28. The average Bonchev–Trinajstić information content (AvgIpc) is 3.26. The molecule has 0 saturated carbocycles. The summed E-state index contributed by atoms with van der Waals surface area (Å²) in [6, 6.07) is 15.7. The number of hydrogen-bond donors (Lipinski definition) is 1. The largest absolute Gasteiger partial charge is 0.494 e. The van der Waals surface area contributed by atoms with Gasteiger partial charge in [-0.2, -0.15) is 0 Å². The van der Waals surface area contributed by atoms with Gasteiger partial charge in [-0.15, -0.1) is 0 Å². The third-order valence-corrected chi connectivity index (χ3v) is 5.66. The van der Waals surface area contributed by atoms with Gasteiger partial charge in [0.05, 0.1) is 24.2 Å². The predicted octanol–water partition coefficient (Wildman–Crippen LogP) is 3.46. The highest BCUT2D eigenvalue weighted by molar-refractivity contribution is 7.99. The van der Waals surface area contributed by atoms with Gasteiger partial charge >= 0.3 is 6.03 Å². The molecular formula is C21H22N4O3S. The fourth-order valence-corrected chi connectivity index (χ4v) is 4.23. The first-order valence-corrected chi connectivity index (χ1v) is 10.6. The molecule has 1 aliphatic heterocycles. The maximum atomic E-state index is 11.7. The number of urea groups is 1. The van der Waals surface area contributed by atoms with E-state index in [9.17, 15) is 9.59 Å². The van der Waals surface area contributed by atoms with Gasteiger partial charge in [-0.05, 0) is 49.7 Å². The molecular weight excluding hydrogens is 388 g/mol. The molecule has 0 aliphatic carbocycles. The first-order valence-electron chi connectivity index (χ1n) is 9.59. The van der Waals surface area contributed by atoms with E-state index in [0.29, 0.717) is 19.6 Å². The molecule has 150 valence electrons. The van der Waals surface area contributed by atoms with E-state index in [1.165, 1.54) is 4.90 Å². The van der Waals surface area contributed by atoms with Crippen LogP contribution in [0.15, 0.2) is 53.7 Å². The zero-order valence-electron chi connectivity index (χ0n) is 16.1. The molecule has 0 atom stereocenters. The number of para-hydroxylation sites is 2. The Balaban J connectivity index is 1.52. The van der Waals surface area contributed by atoms with Crippen molar-refractivity contribution >= 4 is 34.7 Å². The number of nitrogens with zero attached hydrogens (tertiary/aromatic N) is 3. The summed E-state index contributed by atoms with van der Waals surface area (Å²) in [6.07, 6.45) is 0.705. The van der Waals surface area contributed by atoms with Crippen molar-refractivity contribution in [1.29, 1.82) is 0 Å². The third-order valence-electron chi connectivity index (χ3n) is 4.63. The Morgan fingerprint density at radius 3 is 2.66 bits per heavy atom. The summed E-state index contributed by atoms with van der Waals surface area (Å²) in [7, 11) is 0. The number of nitrogens with one attached hydrogen (secondary N) is 1. The number of imidazole rings is 1. The molecule has 29 heavy (non-hydrogen) atoms. The van der Waals surface area contributed by atoms with E-state index in [1.807, 2.05) is 49.4 Å². The monoisotopic (exact) mass is 410 g/mol. The topological polar surface area (TPSA) is 76.5 Å². The van der Waals surface area contributed by atoms with Crippen LogP contribution in [0.1, 0.15) is 13.3 Å². The standard InChI is InChI=1S/C21H22N4O3S/c1-2-28-16-10-8-15(9-11-16)25-18-7-4-3-6-17(18)23-21(25)29-13-5-12-24-19(26)14-22-20(24)27/h3-4,6-11H,2,5,12-14H2,1H3,(H,22,27). The van der Waals surface area contributed by atoms with E-state index in [4.69, 9.17) is 9.72 Å². The molecule has 2 heterocycles. The summed E-state index contributed by atoms with van der Waals surface area (Å²) in [5.74, 6) is 1.42. The van der Waals surface area contributed by atoms with E-state index in [2.05, 4.69) is 16.0 Å². The minimum atomic E-state index is -0.304. The summed E-state index contributed by atoms with van der Waals surface area (Å²) in [5, 5.41) is 3.43. The van der Waals surface area contributed by atoms with Gasteiger partial charge in [0, 0.05) is 18.0 Å². The number of hydrogen-bond acceptors (Lipinski definition) is 5. The van der Waals surface area contributed by atoms with Gasteiger partial charge in [-0.3, -0.25) is 14.3 Å².